The normalized spacial score (nSPS) is 13.9. The van der Waals surface area contributed by atoms with Gasteiger partial charge < -0.3 is 24.1 Å². The number of hydrogen-bond donors (Lipinski definition) is 1. The second-order valence-electron chi connectivity index (χ2n) is 6.60. The molecular weight excluding hydrogens is 352 g/mol. The van der Waals surface area contributed by atoms with Crippen LogP contribution in [0.15, 0.2) is 28.8 Å². The summed E-state index contributed by atoms with van der Waals surface area (Å²) in [5.41, 5.74) is 1.45. The van der Waals surface area contributed by atoms with Crippen molar-refractivity contribution in [3.05, 3.63) is 41.3 Å². The van der Waals surface area contributed by atoms with Gasteiger partial charge in [-0.05, 0) is 30.5 Å². The standard InChI is InChI=1S/C19H22N2O6/c1-11(2)18(13-4-5-14-15(9-13)25-7-6-24-14)20-17(22)10-26-19(23)16-8-12(3)21-27-16/h4-5,8-9,11,18H,6-7,10H2,1-3H3,(H,20,22)/t18-/m0/s1. The van der Waals surface area contributed by atoms with Crippen LogP contribution in [0, 0.1) is 12.8 Å². The van der Waals surface area contributed by atoms with Gasteiger partial charge in [0.2, 0.25) is 5.76 Å². The molecule has 1 aliphatic rings. The van der Waals surface area contributed by atoms with Gasteiger partial charge in [0, 0.05) is 6.07 Å². The van der Waals surface area contributed by atoms with Crippen LogP contribution >= 0.6 is 0 Å². The first-order chi connectivity index (χ1) is 12.9. The highest BCUT2D eigenvalue weighted by Gasteiger charge is 2.22. The summed E-state index contributed by atoms with van der Waals surface area (Å²) in [4.78, 5) is 24.1. The lowest BCUT2D eigenvalue weighted by Crippen LogP contribution is -2.35. The monoisotopic (exact) mass is 374 g/mol. The van der Waals surface area contributed by atoms with Gasteiger partial charge in [-0.3, -0.25) is 4.79 Å². The van der Waals surface area contributed by atoms with Gasteiger partial charge in [0.1, 0.15) is 13.2 Å². The zero-order chi connectivity index (χ0) is 19.4. The van der Waals surface area contributed by atoms with Gasteiger partial charge >= 0.3 is 5.97 Å². The highest BCUT2D eigenvalue weighted by Crippen LogP contribution is 2.34. The molecule has 27 heavy (non-hydrogen) atoms. The van der Waals surface area contributed by atoms with Crippen molar-refractivity contribution in [2.75, 3.05) is 19.8 Å². The maximum absolute atomic E-state index is 12.3. The number of carbonyl (C=O) groups excluding carboxylic acids is 2. The van der Waals surface area contributed by atoms with Crippen molar-refractivity contribution < 1.29 is 28.3 Å². The summed E-state index contributed by atoms with van der Waals surface area (Å²) < 4.78 is 20.9. The number of nitrogens with zero attached hydrogens (tertiary/aromatic N) is 1. The van der Waals surface area contributed by atoms with E-state index in [0.717, 1.165) is 5.56 Å². The van der Waals surface area contributed by atoms with E-state index in [1.165, 1.54) is 6.07 Å². The summed E-state index contributed by atoms with van der Waals surface area (Å²) >= 11 is 0. The Balaban J connectivity index is 1.62. The van der Waals surface area contributed by atoms with Crippen molar-refractivity contribution in [1.29, 1.82) is 0 Å². The third kappa shape index (κ3) is 4.58. The number of fused-ring (bicyclic) bond motifs is 1. The van der Waals surface area contributed by atoms with Gasteiger partial charge in [-0.1, -0.05) is 25.1 Å². The Bertz CT molecular complexity index is 829. The van der Waals surface area contributed by atoms with Crippen LogP contribution < -0.4 is 14.8 Å². The minimum atomic E-state index is -0.730. The summed E-state index contributed by atoms with van der Waals surface area (Å²) in [6.07, 6.45) is 0. The summed E-state index contributed by atoms with van der Waals surface area (Å²) in [6, 6.07) is 6.77. The number of benzene rings is 1. The van der Waals surface area contributed by atoms with Crippen molar-refractivity contribution in [2.24, 2.45) is 5.92 Å². The maximum atomic E-state index is 12.3. The third-order valence-electron chi connectivity index (χ3n) is 4.07. The average molecular weight is 374 g/mol. The Morgan fingerprint density at radius 2 is 1.93 bits per heavy atom. The topological polar surface area (TPSA) is 99.9 Å². The minimum Gasteiger partial charge on any atom is -0.486 e. The highest BCUT2D eigenvalue weighted by molar-refractivity contribution is 5.88. The molecule has 2 aromatic rings. The number of aromatic nitrogens is 1. The summed E-state index contributed by atoms with van der Waals surface area (Å²) in [5, 5.41) is 6.51. The van der Waals surface area contributed by atoms with E-state index < -0.39 is 18.5 Å². The number of hydrogen-bond acceptors (Lipinski definition) is 7. The van der Waals surface area contributed by atoms with E-state index in [4.69, 9.17) is 18.7 Å². The first-order valence-electron chi connectivity index (χ1n) is 8.73. The molecule has 0 fully saturated rings. The molecule has 1 atom stereocenters. The molecular formula is C19H22N2O6. The lowest BCUT2D eigenvalue weighted by atomic mass is 9.95. The number of ether oxygens (including phenoxy) is 3. The molecule has 144 valence electrons. The van der Waals surface area contributed by atoms with Crippen molar-refractivity contribution in [2.45, 2.75) is 26.8 Å². The lowest BCUT2D eigenvalue weighted by Gasteiger charge is -2.25. The van der Waals surface area contributed by atoms with E-state index in [0.29, 0.717) is 30.4 Å². The quantitative estimate of drug-likeness (QED) is 0.775. The van der Waals surface area contributed by atoms with Gasteiger partial charge in [-0.15, -0.1) is 0 Å². The van der Waals surface area contributed by atoms with E-state index in [2.05, 4.69) is 10.5 Å². The maximum Gasteiger partial charge on any atom is 0.377 e. The van der Waals surface area contributed by atoms with E-state index in [-0.39, 0.29) is 17.7 Å². The second kappa shape index (κ2) is 8.11. The number of carbonyl (C=O) groups is 2. The molecule has 0 radical (unpaired) electrons. The second-order valence-corrected chi connectivity index (χ2v) is 6.60. The van der Waals surface area contributed by atoms with Crippen molar-refractivity contribution in [1.82, 2.24) is 10.5 Å². The number of esters is 1. The largest absolute Gasteiger partial charge is 0.486 e. The molecule has 8 heteroatoms. The molecule has 8 nitrogen and oxygen atoms in total. The summed E-state index contributed by atoms with van der Waals surface area (Å²) in [6.45, 7) is 6.27. The average Bonchev–Trinajstić information content (AvgIpc) is 3.10. The fourth-order valence-electron chi connectivity index (χ4n) is 2.77. The van der Waals surface area contributed by atoms with Crippen LogP contribution in [0.4, 0.5) is 0 Å². The molecule has 0 bridgehead atoms. The van der Waals surface area contributed by atoms with Crippen molar-refractivity contribution in [3.63, 3.8) is 0 Å². The highest BCUT2D eigenvalue weighted by atomic mass is 16.6. The lowest BCUT2D eigenvalue weighted by molar-refractivity contribution is -0.125. The van der Waals surface area contributed by atoms with Gasteiger partial charge in [0.25, 0.3) is 5.91 Å². The van der Waals surface area contributed by atoms with Gasteiger partial charge in [-0.2, -0.15) is 0 Å². The number of amides is 1. The molecule has 1 aromatic carbocycles. The fourth-order valence-corrected chi connectivity index (χ4v) is 2.77. The molecule has 1 aromatic heterocycles. The number of nitrogens with one attached hydrogen (secondary N) is 1. The third-order valence-corrected chi connectivity index (χ3v) is 4.07. The molecule has 0 aliphatic carbocycles. The summed E-state index contributed by atoms with van der Waals surface area (Å²) in [5.74, 6) is 0.289. The Labute approximate surface area is 156 Å². The smallest absolute Gasteiger partial charge is 0.377 e. The van der Waals surface area contributed by atoms with E-state index in [1.807, 2.05) is 32.0 Å². The molecule has 0 saturated heterocycles. The van der Waals surface area contributed by atoms with Gasteiger partial charge in [0.15, 0.2) is 18.1 Å². The number of rotatable bonds is 6. The molecule has 0 unspecified atom stereocenters. The SMILES string of the molecule is Cc1cc(C(=O)OCC(=O)N[C@H](c2ccc3c(c2)OCCO3)C(C)C)on1. The molecule has 1 aliphatic heterocycles. The molecule has 3 rings (SSSR count). The Kier molecular flexibility index (Phi) is 5.63. The fraction of sp³-hybridized carbons (Fsp3) is 0.421. The summed E-state index contributed by atoms with van der Waals surface area (Å²) in [7, 11) is 0. The van der Waals surface area contributed by atoms with Crippen LogP contribution in [0.3, 0.4) is 0 Å². The zero-order valence-electron chi connectivity index (χ0n) is 15.5. The van der Waals surface area contributed by atoms with Gasteiger partial charge in [0.05, 0.1) is 11.7 Å². The van der Waals surface area contributed by atoms with E-state index >= 15 is 0 Å². The number of aryl methyl sites for hydroxylation is 1. The first-order valence-corrected chi connectivity index (χ1v) is 8.73. The molecule has 2 heterocycles. The molecule has 1 amide bonds. The van der Waals surface area contributed by atoms with E-state index in [9.17, 15) is 9.59 Å². The van der Waals surface area contributed by atoms with Crippen LogP contribution in [-0.4, -0.2) is 36.9 Å². The van der Waals surface area contributed by atoms with Gasteiger partial charge in [-0.25, -0.2) is 4.79 Å². The first kappa shape index (κ1) is 18.8. The van der Waals surface area contributed by atoms with Crippen LogP contribution in [0.5, 0.6) is 11.5 Å². The van der Waals surface area contributed by atoms with Crippen LogP contribution in [0.1, 0.15) is 41.7 Å². The Morgan fingerprint density at radius 3 is 2.59 bits per heavy atom. The minimum absolute atomic E-state index is 0.0347. The van der Waals surface area contributed by atoms with Crippen molar-refractivity contribution in [3.8, 4) is 11.5 Å². The molecule has 0 saturated carbocycles. The van der Waals surface area contributed by atoms with E-state index in [1.54, 1.807) is 6.92 Å². The Morgan fingerprint density at radius 1 is 1.19 bits per heavy atom. The van der Waals surface area contributed by atoms with Crippen LogP contribution in [0.2, 0.25) is 0 Å². The zero-order valence-corrected chi connectivity index (χ0v) is 15.5. The molecule has 1 N–H and O–H groups in total. The predicted octanol–water partition coefficient (Wildman–Crippen LogP) is 2.42. The van der Waals surface area contributed by atoms with Crippen molar-refractivity contribution >= 4 is 11.9 Å². The Hall–Kier alpha value is -3.03. The van der Waals surface area contributed by atoms with Crippen LogP contribution in [-0.2, 0) is 9.53 Å². The van der Waals surface area contributed by atoms with Crippen LogP contribution in [0.25, 0.3) is 0 Å². The predicted molar refractivity (Wildman–Crippen MR) is 94.7 cm³/mol. The molecule has 0 spiro atoms.